The number of nitrogens with one attached hydrogen (secondary N) is 1. The highest BCUT2D eigenvalue weighted by atomic mass is 79.9. The fourth-order valence-corrected chi connectivity index (χ4v) is 3.96. The number of sulfonamides is 1. The molecule has 0 saturated heterocycles. The van der Waals surface area contributed by atoms with Crippen LogP contribution in [0.2, 0.25) is 0 Å². The third kappa shape index (κ3) is 5.25. The van der Waals surface area contributed by atoms with Gasteiger partial charge in [-0.1, -0.05) is 13.0 Å². The number of hydrogen-bond donors (Lipinski definition) is 1. The fourth-order valence-electron chi connectivity index (χ4n) is 1.80. The van der Waals surface area contributed by atoms with E-state index in [2.05, 4.69) is 34.7 Å². The molecule has 0 unspecified atom stereocenters. The molecule has 0 amide bonds. The Bertz CT molecular complexity index is 555. The quantitative estimate of drug-likeness (QED) is 0.501. The predicted molar refractivity (Wildman–Crippen MR) is 87.7 cm³/mol. The molecule has 120 valence electrons. The highest BCUT2D eigenvalue weighted by Gasteiger charge is 2.26. The van der Waals surface area contributed by atoms with Gasteiger partial charge >= 0.3 is 0 Å². The molecule has 0 radical (unpaired) electrons. The molecular formula is C14H23BrN2O3S. The van der Waals surface area contributed by atoms with Gasteiger partial charge < -0.3 is 9.73 Å². The molecule has 1 aromatic heterocycles. The van der Waals surface area contributed by atoms with Crippen molar-refractivity contribution in [3.8, 4) is 0 Å². The summed E-state index contributed by atoms with van der Waals surface area (Å²) in [5.41, 5.74) is 0. The summed E-state index contributed by atoms with van der Waals surface area (Å²) in [5.74, 6) is 0.605. The topological polar surface area (TPSA) is 62.6 Å². The van der Waals surface area contributed by atoms with Gasteiger partial charge in [0.1, 0.15) is 10.7 Å². The molecule has 1 aromatic rings. The van der Waals surface area contributed by atoms with E-state index in [0.29, 0.717) is 18.8 Å². The van der Waals surface area contributed by atoms with Crippen molar-refractivity contribution in [1.82, 2.24) is 9.62 Å². The highest BCUT2D eigenvalue weighted by molar-refractivity contribution is 9.10. The van der Waals surface area contributed by atoms with E-state index in [4.69, 9.17) is 4.42 Å². The first-order chi connectivity index (χ1) is 9.93. The number of unbranched alkanes of at least 4 members (excludes halogenated alkanes) is 1. The van der Waals surface area contributed by atoms with Crippen LogP contribution in [-0.4, -0.2) is 32.9 Å². The van der Waals surface area contributed by atoms with Gasteiger partial charge in [0.15, 0.2) is 4.67 Å². The molecule has 1 N–H and O–H groups in total. The summed E-state index contributed by atoms with van der Waals surface area (Å²) < 4.78 is 32.0. The Labute approximate surface area is 135 Å². The minimum atomic E-state index is -3.53. The lowest BCUT2D eigenvalue weighted by molar-refractivity contribution is 0.449. The van der Waals surface area contributed by atoms with E-state index < -0.39 is 10.0 Å². The van der Waals surface area contributed by atoms with Crippen molar-refractivity contribution in [2.24, 2.45) is 0 Å². The van der Waals surface area contributed by atoms with Gasteiger partial charge in [0, 0.05) is 19.7 Å². The zero-order valence-corrected chi connectivity index (χ0v) is 15.0. The average Bonchev–Trinajstić information content (AvgIpc) is 2.81. The van der Waals surface area contributed by atoms with Gasteiger partial charge in [-0.2, -0.15) is 0 Å². The van der Waals surface area contributed by atoms with E-state index in [0.717, 1.165) is 25.8 Å². The second kappa shape index (κ2) is 8.73. The van der Waals surface area contributed by atoms with Crippen molar-refractivity contribution in [2.45, 2.75) is 37.6 Å². The lowest BCUT2D eigenvalue weighted by Gasteiger charge is -2.15. The van der Waals surface area contributed by atoms with Gasteiger partial charge in [0.2, 0.25) is 10.0 Å². The Morgan fingerprint density at radius 1 is 1.52 bits per heavy atom. The molecule has 0 atom stereocenters. The molecule has 0 spiro atoms. The van der Waals surface area contributed by atoms with E-state index >= 15 is 0 Å². The lowest BCUT2D eigenvalue weighted by atomic mass is 10.3. The third-order valence-corrected chi connectivity index (χ3v) is 5.72. The minimum absolute atomic E-state index is 0.178. The SMILES string of the molecule is C=CCCCN(C)S(=O)(=O)c1cc(CNCCC)oc1Br. The lowest BCUT2D eigenvalue weighted by Crippen LogP contribution is -2.27. The van der Waals surface area contributed by atoms with Crippen molar-refractivity contribution in [3.63, 3.8) is 0 Å². The van der Waals surface area contributed by atoms with E-state index in [1.165, 1.54) is 4.31 Å². The first-order valence-electron chi connectivity index (χ1n) is 6.99. The van der Waals surface area contributed by atoms with Crippen LogP contribution in [0, 0.1) is 0 Å². The molecule has 0 fully saturated rings. The van der Waals surface area contributed by atoms with Gasteiger partial charge in [0.05, 0.1) is 6.54 Å². The van der Waals surface area contributed by atoms with Gasteiger partial charge in [-0.05, 0) is 41.7 Å². The molecule has 0 aliphatic rings. The first kappa shape index (κ1) is 18.4. The second-order valence-corrected chi connectivity index (χ2v) is 7.52. The Kier molecular flexibility index (Phi) is 7.65. The number of rotatable bonds is 10. The number of halogens is 1. The molecule has 0 aromatic carbocycles. The van der Waals surface area contributed by atoms with Crippen molar-refractivity contribution in [1.29, 1.82) is 0 Å². The fraction of sp³-hybridized carbons (Fsp3) is 0.571. The zero-order chi connectivity index (χ0) is 15.9. The minimum Gasteiger partial charge on any atom is -0.452 e. The Morgan fingerprint density at radius 3 is 2.86 bits per heavy atom. The standard InChI is InChI=1S/C14H23BrN2O3S/c1-4-6-7-9-17(3)21(18,19)13-10-12(20-14(13)15)11-16-8-5-2/h4,10,16H,1,5-9,11H2,2-3H3. The summed E-state index contributed by atoms with van der Waals surface area (Å²) >= 11 is 3.20. The van der Waals surface area contributed by atoms with Crippen molar-refractivity contribution in [3.05, 3.63) is 29.2 Å². The van der Waals surface area contributed by atoms with E-state index in [9.17, 15) is 8.42 Å². The van der Waals surface area contributed by atoms with Gasteiger partial charge in [-0.15, -0.1) is 6.58 Å². The Hall–Kier alpha value is -0.630. The number of nitrogens with zero attached hydrogens (tertiary/aromatic N) is 1. The Balaban J connectivity index is 2.80. The maximum atomic E-state index is 12.5. The van der Waals surface area contributed by atoms with Crippen LogP contribution in [0.3, 0.4) is 0 Å². The summed E-state index contributed by atoms with van der Waals surface area (Å²) in [7, 11) is -1.95. The van der Waals surface area contributed by atoms with E-state index in [1.807, 2.05) is 0 Å². The van der Waals surface area contributed by atoms with Crippen LogP contribution in [0.4, 0.5) is 0 Å². The number of allylic oxidation sites excluding steroid dienone is 1. The normalized spacial score (nSPS) is 12.0. The molecule has 21 heavy (non-hydrogen) atoms. The average molecular weight is 379 g/mol. The van der Waals surface area contributed by atoms with Crippen LogP contribution < -0.4 is 5.32 Å². The molecular weight excluding hydrogens is 356 g/mol. The monoisotopic (exact) mass is 378 g/mol. The maximum absolute atomic E-state index is 12.5. The van der Waals surface area contributed by atoms with Crippen molar-refractivity contribution < 1.29 is 12.8 Å². The summed E-state index contributed by atoms with van der Waals surface area (Å²) in [6, 6.07) is 1.58. The molecule has 1 rings (SSSR count). The predicted octanol–water partition coefficient (Wildman–Crippen LogP) is 3.13. The number of furan rings is 1. The highest BCUT2D eigenvalue weighted by Crippen LogP contribution is 2.28. The molecule has 0 aliphatic carbocycles. The van der Waals surface area contributed by atoms with Crippen LogP contribution in [0.25, 0.3) is 0 Å². The van der Waals surface area contributed by atoms with Crippen LogP contribution in [-0.2, 0) is 16.6 Å². The molecule has 0 saturated carbocycles. The molecule has 0 bridgehead atoms. The van der Waals surface area contributed by atoms with Gasteiger partial charge in [-0.3, -0.25) is 0 Å². The molecule has 1 heterocycles. The molecule has 5 nitrogen and oxygen atoms in total. The summed E-state index contributed by atoms with van der Waals surface area (Å²) in [5, 5.41) is 3.18. The summed E-state index contributed by atoms with van der Waals surface area (Å²) in [6.45, 7) is 7.53. The maximum Gasteiger partial charge on any atom is 0.247 e. The molecule has 7 heteroatoms. The van der Waals surface area contributed by atoms with Crippen LogP contribution in [0.15, 0.2) is 32.7 Å². The number of hydrogen-bond acceptors (Lipinski definition) is 4. The third-order valence-electron chi connectivity index (χ3n) is 3.00. The van der Waals surface area contributed by atoms with Gasteiger partial charge in [0.25, 0.3) is 0 Å². The first-order valence-corrected chi connectivity index (χ1v) is 9.23. The van der Waals surface area contributed by atoms with Crippen molar-refractivity contribution >= 4 is 26.0 Å². The zero-order valence-electron chi connectivity index (χ0n) is 12.6. The van der Waals surface area contributed by atoms with Crippen LogP contribution in [0.5, 0.6) is 0 Å². The van der Waals surface area contributed by atoms with E-state index in [1.54, 1.807) is 19.2 Å². The summed E-state index contributed by atoms with van der Waals surface area (Å²) in [4.78, 5) is 0.178. The smallest absolute Gasteiger partial charge is 0.247 e. The van der Waals surface area contributed by atoms with Gasteiger partial charge in [-0.25, -0.2) is 12.7 Å². The van der Waals surface area contributed by atoms with Crippen LogP contribution >= 0.6 is 15.9 Å². The molecule has 0 aliphatic heterocycles. The van der Waals surface area contributed by atoms with E-state index in [-0.39, 0.29) is 9.56 Å². The van der Waals surface area contributed by atoms with Crippen LogP contribution in [0.1, 0.15) is 31.9 Å². The van der Waals surface area contributed by atoms with Crippen molar-refractivity contribution in [2.75, 3.05) is 20.1 Å². The largest absolute Gasteiger partial charge is 0.452 e. The second-order valence-electron chi connectivity index (χ2n) is 4.78. The Morgan fingerprint density at radius 2 is 2.24 bits per heavy atom. The summed E-state index contributed by atoms with van der Waals surface area (Å²) in [6.07, 6.45) is 4.34.